The van der Waals surface area contributed by atoms with E-state index in [1.54, 1.807) is 12.4 Å². The minimum Gasteiger partial charge on any atom is -0.474 e. The monoisotopic (exact) mass is 484 g/mol. The van der Waals surface area contributed by atoms with Gasteiger partial charge in [-0.3, -0.25) is 14.6 Å². The van der Waals surface area contributed by atoms with Crippen molar-refractivity contribution in [2.45, 2.75) is 39.2 Å². The highest BCUT2D eigenvalue weighted by atomic mass is 16.5. The Kier molecular flexibility index (Phi) is 6.37. The number of nitrogens with two attached hydrogens (primary N) is 1. The summed E-state index contributed by atoms with van der Waals surface area (Å²) in [6.07, 6.45) is 5.08. The number of anilines is 1. The quantitative estimate of drug-likeness (QED) is 0.411. The molecule has 1 aromatic carbocycles. The van der Waals surface area contributed by atoms with Gasteiger partial charge in [-0.25, -0.2) is 0 Å². The highest BCUT2D eigenvalue weighted by Crippen LogP contribution is 2.32. The number of piperidine rings is 1. The van der Waals surface area contributed by atoms with Gasteiger partial charge < -0.3 is 15.4 Å². The van der Waals surface area contributed by atoms with Gasteiger partial charge in [0.1, 0.15) is 17.5 Å². The average Bonchev–Trinajstić information content (AvgIpc) is 3.33. The van der Waals surface area contributed by atoms with Crippen molar-refractivity contribution in [2.24, 2.45) is 0 Å². The second kappa shape index (κ2) is 9.77. The van der Waals surface area contributed by atoms with E-state index in [0.29, 0.717) is 38.0 Å². The molecule has 1 amide bonds. The number of fused-ring (bicyclic) bond motifs is 1. The molecular formula is C27H28N6O3. The molecule has 0 bridgehead atoms. The SMILES string of the molecule is CCC(=O)N1CCC(Oc2nc3c(-c4ccc(-c5ccccc5)nc4)cnn3c(N)c2C(C)=O)CC1. The number of aromatic nitrogens is 4. The molecule has 0 saturated carbocycles. The second-order valence-corrected chi connectivity index (χ2v) is 8.88. The van der Waals surface area contributed by atoms with Crippen LogP contribution in [0.2, 0.25) is 0 Å². The van der Waals surface area contributed by atoms with Gasteiger partial charge in [0.25, 0.3) is 0 Å². The lowest BCUT2D eigenvalue weighted by Gasteiger charge is -2.32. The van der Waals surface area contributed by atoms with Crippen molar-refractivity contribution >= 4 is 23.2 Å². The highest BCUT2D eigenvalue weighted by molar-refractivity contribution is 6.01. The molecule has 1 saturated heterocycles. The molecule has 9 nitrogen and oxygen atoms in total. The zero-order valence-electron chi connectivity index (χ0n) is 20.3. The van der Waals surface area contributed by atoms with Crippen LogP contribution < -0.4 is 10.5 Å². The van der Waals surface area contributed by atoms with Crippen LogP contribution in [0.5, 0.6) is 5.88 Å². The van der Waals surface area contributed by atoms with Crippen molar-refractivity contribution in [3.05, 3.63) is 60.4 Å². The number of pyridine rings is 1. The van der Waals surface area contributed by atoms with Crippen molar-refractivity contribution in [2.75, 3.05) is 18.8 Å². The van der Waals surface area contributed by atoms with Crippen molar-refractivity contribution in [3.8, 4) is 28.3 Å². The number of ether oxygens (including phenoxy) is 1. The minimum atomic E-state index is -0.249. The molecule has 0 aliphatic carbocycles. The Hall–Kier alpha value is -4.27. The van der Waals surface area contributed by atoms with E-state index in [0.717, 1.165) is 22.4 Å². The summed E-state index contributed by atoms with van der Waals surface area (Å²) in [5.41, 5.74) is 10.5. The van der Waals surface area contributed by atoms with Crippen LogP contribution >= 0.6 is 0 Å². The van der Waals surface area contributed by atoms with Gasteiger partial charge in [-0.1, -0.05) is 43.3 Å². The summed E-state index contributed by atoms with van der Waals surface area (Å²) in [4.78, 5) is 35.7. The van der Waals surface area contributed by atoms with E-state index in [2.05, 4.69) is 10.1 Å². The molecule has 2 N–H and O–H groups in total. The van der Waals surface area contributed by atoms with E-state index in [1.165, 1.54) is 11.4 Å². The smallest absolute Gasteiger partial charge is 0.230 e. The summed E-state index contributed by atoms with van der Waals surface area (Å²) in [5, 5.41) is 4.39. The lowest BCUT2D eigenvalue weighted by Crippen LogP contribution is -2.41. The molecule has 184 valence electrons. The number of Topliss-reactive ketones (excluding diaryl/α,β-unsaturated/α-hetero) is 1. The molecule has 0 spiro atoms. The fourth-order valence-corrected chi connectivity index (χ4v) is 4.55. The molecule has 0 unspecified atom stereocenters. The van der Waals surface area contributed by atoms with E-state index >= 15 is 0 Å². The lowest BCUT2D eigenvalue weighted by atomic mass is 10.1. The van der Waals surface area contributed by atoms with Crippen LogP contribution in [0.25, 0.3) is 28.0 Å². The number of ketones is 1. The topological polar surface area (TPSA) is 116 Å². The molecule has 3 aromatic heterocycles. The number of hydrogen-bond donors (Lipinski definition) is 1. The third-order valence-corrected chi connectivity index (χ3v) is 6.52. The van der Waals surface area contributed by atoms with E-state index in [-0.39, 0.29) is 35.1 Å². The lowest BCUT2D eigenvalue weighted by molar-refractivity contribution is -0.132. The van der Waals surface area contributed by atoms with Crippen molar-refractivity contribution in [3.63, 3.8) is 0 Å². The number of nitrogen functional groups attached to an aromatic ring is 1. The van der Waals surface area contributed by atoms with Crippen molar-refractivity contribution < 1.29 is 14.3 Å². The number of carbonyl (C=O) groups excluding carboxylic acids is 2. The molecule has 4 heterocycles. The van der Waals surface area contributed by atoms with Crippen molar-refractivity contribution in [1.29, 1.82) is 0 Å². The Labute approximate surface area is 208 Å². The maximum atomic E-state index is 12.5. The van der Waals surface area contributed by atoms with Crippen molar-refractivity contribution in [1.82, 2.24) is 24.5 Å². The van der Waals surface area contributed by atoms with Gasteiger partial charge in [-0.15, -0.1) is 0 Å². The summed E-state index contributed by atoms with van der Waals surface area (Å²) < 4.78 is 7.69. The molecule has 4 aromatic rings. The first-order valence-electron chi connectivity index (χ1n) is 12.1. The fraction of sp³-hybridized carbons (Fsp3) is 0.296. The van der Waals surface area contributed by atoms with Crippen LogP contribution in [0, 0.1) is 0 Å². The summed E-state index contributed by atoms with van der Waals surface area (Å²) >= 11 is 0. The molecule has 0 radical (unpaired) electrons. The zero-order chi connectivity index (χ0) is 25.2. The molecule has 0 atom stereocenters. The third kappa shape index (κ3) is 4.39. The van der Waals surface area contributed by atoms with Gasteiger partial charge in [0.05, 0.1) is 11.9 Å². The van der Waals surface area contributed by atoms with E-state index in [4.69, 9.17) is 15.5 Å². The molecular weight excluding hydrogens is 456 g/mol. The zero-order valence-corrected chi connectivity index (χ0v) is 20.3. The Morgan fingerprint density at radius 2 is 1.81 bits per heavy atom. The van der Waals surface area contributed by atoms with Gasteiger partial charge >= 0.3 is 0 Å². The van der Waals surface area contributed by atoms with Gasteiger partial charge in [0.2, 0.25) is 11.8 Å². The Morgan fingerprint density at radius 3 is 2.44 bits per heavy atom. The van der Waals surface area contributed by atoms with E-state index in [9.17, 15) is 9.59 Å². The maximum absolute atomic E-state index is 12.5. The van der Waals surface area contributed by atoms with Gasteiger partial charge in [-0.05, 0) is 13.0 Å². The highest BCUT2D eigenvalue weighted by Gasteiger charge is 2.27. The number of carbonyl (C=O) groups is 2. The number of benzene rings is 1. The number of amides is 1. The molecule has 5 rings (SSSR count). The molecule has 9 heteroatoms. The second-order valence-electron chi connectivity index (χ2n) is 8.88. The summed E-state index contributed by atoms with van der Waals surface area (Å²) in [5.74, 6) is 0.267. The standard InChI is InChI=1S/C27H28N6O3/c1-3-23(35)32-13-11-20(12-14-32)36-27-24(17(2)34)25(28)33-26(31-27)21(16-30-33)19-9-10-22(29-15-19)18-7-5-4-6-8-18/h4-10,15-16,20H,3,11-14,28H2,1-2H3. The van der Waals surface area contributed by atoms with E-state index < -0.39 is 0 Å². The Balaban J connectivity index is 1.47. The van der Waals surface area contributed by atoms with Crippen LogP contribution in [0.15, 0.2) is 54.9 Å². The van der Waals surface area contributed by atoms with E-state index in [1.807, 2.05) is 54.3 Å². The average molecular weight is 485 g/mol. The van der Waals surface area contributed by atoms with Gasteiger partial charge in [0.15, 0.2) is 11.4 Å². The van der Waals surface area contributed by atoms with Gasteiger partial charge in [0, 0.05) is 55.2 Å². The Morgan fingerprint density at radius 1 is 1.06 bits per heavy atom. The minimum absolute atomic E-state index is 0.137. The first kappa shape index (κ1) is 23.5. The van der Waals surface area contributed by atoms with Crippen LogP contribution in [-0.4, -0.2) is 55.4 Å². The first-order chi connectivity index (χ1) is 17.5. The predicted molar refractivity (Wildman–Crippen MR) is 137 cm³/mol. The molecule has 1 aliphatic rings. The molecule has 36 heavy (non-hydrogen) atoms. The summed E-state index contributed by atoms with van der Waals surface area (Å²) in [7, 11) is 0. The van der Waals surface area contributed by atoms with Crippen LogP contribution in [0.4, 0.5) is 5.82 Å². The normalized spacial score (nSPS) is 14.2. The molecule has 1 aliphatic heterocycles. The van der Waals surface area contributed by atoms with Gasteiger partial charge in [-0.2, -0.15) is 14.6 Å². The van der Waals surface area contributed by atoms with Crippen LogP contribution in [-0.2, 0) is 4.79 Å². The number of rotatable bonds is 6. The first-order valence-corrected chi connectivity index (χ1v) is 12.1. The maximum Gasteiger partial charge on any atom is 0.230 e. The number of hydrogen-bond acceptors (Lipinski definition) is 7. The summed E-state index contributed by atoms with van der Waals surface area (Å²) in [6.45, 7) is 4.52. The molecule has 1 fully saturated rings. The number of nitrogens with zero attached hydrogens (tertiary/aromatic N) is 5. The Bertz CT molecular complexity index is 1410. The summed E-state index contributed by atoms with van der Waals surface area (Å²) in [6, 6.07) is 13.8. The van der Waals surface area contributed by atoms with Crippen LogP contribution in [0.1, 0.15) is 43.5 Å². The third-order valence-electron chi connectivity index (χ3n) is 6.52. The number of likely N-dealkylation sites (tertiary alicyclic amines) is 1. The largest absolute Gasteiger partial charge is 0.474 e. The van der Waals surface area contributed by atoms with Crippen LogP contribution in [0.3, 0.4) is 0 Å². The fourth-order valence-electron chi connectivity index (χ4n) is 4.55. The predicted octanol–water partition coefficient (Wildman–Crippen LogP) is 4.02.